The highest BCUT2D eigenvalue weighted by atomic mass is 19.1. The number of nitrogens with one attached hydrogen (secondary N) is 1. The van der Waals surface area contributed by atoms with E-state index in [1.165, 1.54) is 0 Å². The van der Waals surface area contributed by atoms with Gasteiger partial charge in [-0.05, 0) is 35.9 Å². The second-order valence-corrected chi connectivity index (χ2v) is 6.18. The molecule has 0 aliphatic carbocycles. The van der Waals surface area contributed by atoms with Crippen LogP contribution in [0.1, 0.15) is 33.6 Å². The maximum absolute atomic E-state index is 13.2. The van der Waals surface area contributed by atoms with E-state index in [0.29, 0.717) is 13.1 Å². The Labute approximate surface area is 126 Å². The average molecular weight is 300 g/mol. The minimum Gasteiger partial charge on any atom is -0.356 e. The molecule has 3 nitrogen and oxygen atoms in total. The van der Waals surface area contributed by atoms with E-state index >= 15 is 0 Å². The molecular formula is C16H26F2N2O. The van der Waals surface area contributed by atoms with Crippen molar-refractivity contribution in [3.63, 3.8) is 0 Å². The number of amides is 1. The number of carbonyl (C=O) groups excluding carboxylic acids is 1. The Bertz CT molecular complexity index is 428. The number of rotatable bonds is 9. The van der Waals surface area contributed by atoms with Gasteiger partial charge < -0.3 is 11.1 Å². The van der Waals surface area contributed by atoms with E-state index in [0.717, 1.165) is 6.08 Å². The van der Waals surface area contributed by atoms with Gasteiger partial charge in [0.2, 0.25) is 5.91 Å². The van der Waals surface area contributed by atoms with Crippen LogP contribution < -0.4 is 11.1 Å². The van der Waals surface area contributed by atoms with Crippen molar-refractivity contribution in [2.75, 3.05) is 13.1 Å². The molecule has 0 aromatic heterocycles. The molecule has 0 rings (SSSR count). The molecule has 0 spiro atoms. The van der Waals surface area contributed by atoms with Crippen LogP contribution in [0.2, 0.25) is 0 Å². The van der Waals surface area contributed by atoms with Gasteiger partial charge in [0.15, 0.2) is 0 Å². The molecule has 0 aliphatic heterocycles. The molecule has 21 heavy (non-hydrogen) atoms. The Morgan fingerprint density at radius 3 is 2.33 bits per heavy atom. The van der Waals surface area contributed by atoms with Crippen molar-refractivity contribution in [1.82, 2.24) is 5.32 Å². The van der Waals surface area contributed by atoms with Crippen LogP contribution in [0.25, 0.3) is 0 Å². The lowest BCUT2D eigenvalue weighted by molar-refractivity contribution is -0.122. The Morgan fingerprint density at radius 2 is 1.90 bits per heavy atom. The highest BCUT2D eigenvalue weighted by Crippen LogP contribution is 2.23. The largest absolute Gasteiger partial charge is 0.356 e. The summed E-state index contributed by atoms with van der Waals surface area (Å²) in [6.07, 6.45) is 1.46. The summed E-state index contributed by atoms with van der Waals surface area (Å²) in [5.74, 6) is -1.70. The first kappa shape index (κ1) is 19.5. The van der Waals surface area contributed by atoms with Gasteiger partial charge in [-0.1, -0.05) is 33.9 Å². The zero-order valence-electron chi connectivity index (χ0n) is 13.1. The van der Waals surface area contributed by atoms with Gasteiger partial charge >= 0.3 is 0 Å². The van der Waals surface area contributed by atoms with Gasteiger partial charge in [-0.3, -0.25) is 4.79 Å². The lowest BCUT2D eigenvalue weighted by atomic mass is 9.93. The summed E-state index contributed by atoms with van der Waals surface area (Å²) >= 11 is 0. The molecule has 0 saturated heterocycles. The van der Waals surface area contributed by atoms with Crippen molar-refractivity contribution in [3.05, 3.63) is 36.5 Å². The Hall–Kier alpha value is -1.49. The highest BCUT2D eigenvalue weighted by molar-refractivity contribution is 5.76. The molecule has 3 N–H and O–H groups in total. The smallest absolute Gasteiger partial charge is 0.220 e. The Balaban J connectivity index is 4.42. The van der Waals surface area contributed by atoms with Crippen LogP contribution in [0.5, 0.6) is 0 Å². The van der Waals surface area contributed by atoms with Gasteiger partial charge in [0.25, 0.3) is 0 Å². The zero-order valence-corrected chi connectivity index (χ0v) is 13.1. The van der Waals surface area contributed by atoms with Gasteiger partial charge in [0, 0.05) is 13.0 Å². The van der Waals surface area contributed by atoms with Crippen molar-refractivity contribution < 1.29 is 13.6 Å². The van der Waals surface area contributed by atoms with Crippen molar-refractivity contribution in [3.8, 4) is 0 Å². The zero-order chi connectivity index (χ0) is 16.6. The van der Waals surface area contributed by atoms with Gasteiger partial charge in [-0.15, -0.1) is 0 Å². The number of hydrogen-bond donors (Lipinski definition) is 2. The maximum atomic E-state index is 13.2. The normalized spacial score (nSPS) is 13.7. The molecule has 0 radical (unpaired) electrons. The van der Waals surface area contributed by atoms with Crippen molar-refractivity contribution in [2.24, 2.45) is 17.1 Å². The van der Waals surface area contributed by atoms with Crippen LogP contribution in [0.3, 0.4) is 0 Å². The molecule has 0 heterocycles. The van der Waals surface area contributed by atoms with Crippen molar-refractivity contribution >= 4 is 5.91 Å². The number of nitrogens with two attached hydrogens (primary N) is 1. The molecule has 0 saturated carbocycles. The van der Waals surface area contributed by atoms with E-state index in [1.807, 2.05) is 13.8 Å². The van der Waals surface area contributed by atoms with Crippen LogP contribution in [-0.2, 0) is 4.79 Å². The monoisotopic (exact) mass is 300 g/mol. The summed E-state index contributed by atoms with van der Waals surface area (Å²) in [5, 5.41) is 2.80. The van der Waals surface area contributed by atoms with Crippen molar-refractivity contribution in [1.29, 1.82) is 0 Å². The van der Waals surface area contributed by atoms with Gasteiger partial charge in [0.1, 0.15) is 11.7 Å². The third-order valence-corrected chi connectivity index (χ3v) is 3.10. The third-order valence-electron chi connectivity index (χ3n) is 3.10. The molecule has 0 bridgehead atoms. The SMILES string of the molecule is C=C(F)/C=C(/CC(C)CC(=O)NCC(C)(C)CN)C(=C)F. The van der Waals surface area contributed by atoms with E-state index < -0.39 is 11.7 Å². The molecule has 1 atom stereocenters. The first-order chi connectivity index (χ1) is 9.57. The van der Waals surface area contributed by atoms with Crippen molar-refractivity contribution in [2.45, 2.75) is 33.6 Å². The number of halogens is 2. The number of hydrogen-bond acceptors (Lipinski definition) is 2. The van der Waals surface area contributed by atoms with Gasteiger partial charge in [-0.25, -0.2) is 8.78 Å². The standard InChI is InChI=1S/C16H26F2N2O/c1-11(6-14(13(3)18)8-12(2)17)7-15(21)20-10-16(4,5)9-19/h8,11H,2-3,6-7,9-10,19H2,1,4-5H3,(H,20,21)/b14-8-. The molecule has 1 unspecified atom stereocenters. The fourth-order valence-corrected chi connectivity index (χ4v) is 1.68. The highest BCUT2D eigenvalue weighted by Gasteiger charge is 2.18. The first-order valence-corrected chi connectivity index (χ1v) is 6.94. The predicted octanol–water partition coefficient (Wildman–Crippen LogP) is 3.40. The average Bonchev–Trinajstić information content (AvgIpc) is 2.35. The van der Waals surface area contributed by atoms with Gasteiger partial charge in [0.05, 0.1) is 0 Å². The summed E-state index contributed by atoms with van der Waals surface area (Å²) in [5.41, 5.74) is 5.55. The summed E-state index contributed by atoms with van der Waals surface area (Å²) in [6.45, 7) is 12.9. The fourth-order valence-electron chi connectivity index (χ4n) is 1.68. The summed E-state index contributed by atoms with van der Waals surface area (Å²) < 4.78 is 25.9. The second kappa shape index (κ2) is 8.72. The molecule has 0 aliphatic rings. The van der Waals surface area contributed by atoms with Crippen LogP contribution >= 0.6 is 0 Å². The molecule has 0 fully saturated rings. The molecule has 5 heteroatoms. The quantitative estimate of drug-likeness (QED) is 0.641. The number of carbonyl (C=O) groups is 1. The topological polar surface area (TPSA) is 55.1 Å². The summed E-state index contributed by atoms with van der Waals surface area (Å²) in [4.78, 5) is 11.8. The number of allylic oxidation sites excluding steroid dienone is 4. The maximum Gasteiger partial charge on any atom is 0.220 e. The lowest BCUT2D eigenvalue weighted by Gasteiger charge is -2.23. The van der Waals surface area contributed by atoms with E-state index in [4.69, 9.17) is 5.73 Å². The van der Waals surface area contributed by atoms with Crippen LogP contribution in [0.4, 0.5) is 8.78 Å². The predicted molar refractivity (Wildman–Crippen MR) is 82.8 cm³/mol. The van der Waals surface area contributed by atoms with E-state index in [-0.39, 0.29) is 35.7 Å². The lowest BCUT2D eigenvalue weighted by Crippen LogP contribution is -2.38. The molecular weight excluding hydrogens is 274 g/mol. The minimum atomic E-state index is -0.731. The third kappa shape index (κ3) is 9.13. The van der Waals surface area contributed by atoms with Gasteiger partial charge in [-0.2, -0.15) is 0 Å². The molecule has 120 valence electrons. The Morgan fingerprint density at radius 1 is 1.33 bits per heavy atom. The molecule has 0 aromatic rings. The van der Waals surface area contributed by atoms with E-state index in [2.05, 4.69) is 18.5 Å². The Kier molecular flexibility index (Phi) is 8.10. The second-order valence-electron chi connectivity index (χ2n) is 6.18. The first-order valence-electron chi connectivity index (χ1n) is 6.94. The van der Waals surface area contributed by atoms with Crippen LogP contribution in [0.15, 0.2) is 36.5 Å². The van der Waals surface area contributed by atoms with Crippen LogP contribution in [0, 0.1) is 11.3 Å². The van der Waals surface area contributed by atoms with E-state index in [9.17, 15) is 13.6 Å². The summed E-state index contributed by atoms with van der Waals surface area (Å²) in [6, 6.07) is 0. The molecule has 0 aromatic carbocycles. The fraction of sp³-hybridized carbons (Fsp3) is 0.562. The summed E-state index contributed by atoms with van der Waals surface area (Å²) in [7, 11) is 0. The minimum absolute atomic E-state index is 0.130. The van der Waals surface area contributed by atoms with Crippen LogP contribution in [-0.4, -0.2) is 19.0 Å². The molecule has 1 amide bonds. The van der Waals surface area contributed by atoms with E-state index in [1.54, 1.807) is 6.92 Å².